The summed E-state index contributed by atoms with van der Waals surface area (Å²) < 4.78 is 6.99. The third kappa shape index (κ3) is 8.02. The molecular weight excluding hydrogens is 498 g/mol. The highest BCUT2D eigenvalue weighted by Gasteiger charge is 2.23. The second-order valence-electron chi connectivity index (χ2n) is 10.1. The fourth-order valence-electron chi connectivity index (χ4n) is 3.79. The number of aromatic nitrogens is 2. The largest absolute Gasteiger partial charge is 0.497 e. The molecule has 9 heteroatoms. The highest BCUT2D eigenvalue weighted by atomic mass is 32.2. The number of urea groups is 1. The van der Waals surface area contributed by atoms with E-state index in [1.807, 2.05) is 60.9 Å². The van der Waals surface area contributed by atoms with Gasteiger partial charge in [0.25, 0.3) is 0 Å². The van der Waals surface area contributed by atoms with E-state index < -0.39 is 0 Å². The van der Waals surface area contributed by atoms with Crippen molar-refractivity contribution in [2.24, 2.45) is 0 Å². The lowest BCUT2D eigenvalue weighted by molar-refractivity contribution is -0.116. The summed E-state index contributed by atoms with van der Waals surface area (Å²) in [5, 5.41) is 10.7. The summed E-state index contributed by atoms with van der Waals surface area (Å²) in [6, 6.07) is 16.7. The zero-order chi connectivity index (χ0) is 27.7. The van der Waals surface area contributed by atoms with E-state index in [1.54, 1.807) is 28.5 Å². The summed E-state index contributed by atoms with van der Waals surface area (Å²) >= 11 is 1.64. The van der Waals surface area contributed by atoms with Crippen molar-refractivity contribution in [1.82, 2.24) is 14.7 Å². The highest BCUT2D eigenvalue weighted by Crippen LogP contribution is 2.27. The van der Waals surface area contributed by atoms with Crippen LogP contribution in [0.1, 0.15) is 52.7 Å². The Morgan fingerprint density at radius 1 is 1.03 bits per heavy atom. The van der Waals surface area contributed by atoms with Crippen molar-refractivity contribution < 1.29 is 14.3 Å². The molecule has 0 saturated carbocycles. The number of amides is 3. The van der Waals surface area contributed by atoms with E-state index in [1.165, 1.54) is 0 Å². The van der Waals surface area contributed by atoms with Gasteiger partial charge in [-0.15, -0.1) is 11.8 Å². The van der Waals surface area contributed by atoms with Crippen LogP contribution in [0.5, 0.6) is 5.75 Å². The number of nitrogens with one attached hydrogen (secondary N) is 2. The second kappa shape index (κ2) is 13.4. The Hall–Kier alpha value is -3.46. The van der Waals surface area contributed by atoms with Crippen LogP contribution in [0.15, 0.2) is 59.5 Å². The average molecular weight is 538 g/mol. The van der Waals surface area contributed by atoms with E-state index in [2.05, 4.69) is 38.3 Å². The van der Waals surface area contributed by atoms with Crippen LogP contribution >= 0.6 is 11.8 Å². The van der Waals surface area contributed by atoms with Gasteiger partial charge < -0.3 is 20.3 Å². The minimum atomic E-state index is -0.299. The third-order valence-electron chi connectivity index (χ3n) is 6.06. The molecule has 0 aliphatic carbocycles. The van der Waals surface area contributed by atoms with Gasteiger partial charge in [-0.3, -0.25) is 4.79 Å². The fraction of sp³-hybridized carbons (Fsp3) is 0.414. The number of nitrogens with zero attached hydrogens (tertiary/aromatic N) is 3. The number of hydrogen-bond acceptors (Lipinski definition) is 5. The van der Waals surface area contributed by atoms with Crippen molar-refractivity contribution in [1.29, 1.82) is 0 Å². The maximum atomic E-state index is 13.2. The number of unbranched alkanes of at least 4 members (excludes halogenated alkanes) is 2. The molecule has 3 aromatic rings. The van der Waals surface area contributed by atoms with Crippen LogP contribution in [0.3, 0.4) is 0 Å². The molecule has 0 radical (unpaired) electrons. The molecule has 0 saturated heterocycles. The Balaban J connectivity index is 1.79. The Labute approximate surface area is 230 Å². The summed E-state index contributed by atoms with van der Waals surface area (Å²) in [4.78, 5) is 29.1. The first kappa shape index (κ1) is 29.1. The Morgan fingerprint density at radius 3 is 2.29 bits per heavy atom. The van der Waals surface area contributed by atoms with Crippen LogP contribution in [0.2, 0.25) is 0 Å². The monoisotopic (exact) mass is 537 g/mol. The molecule has 0 aliphatic rings. The third-order valence-corrected chi connectivity index (χ3v) is 6.80. The molecule has 38 heavy (non-hydrogen) atoms. The van der Waals surface area contributed by atoms with Crippen LogP contribution in [0.4, 0.5) is 16.3 Å². The fourth-order valence-corrected chi connectivity index (χ4v) is 4.20. The predicted molar refractivity (Wildman–Crippen MR) is 156 cm³/mol. The molecule has 1 heterocycles. The average Bonchev–Trinajstić information content (AvgIpc) is 3.33. The summed E-state index contributed by atoms with van der Waals surface area (Å²) in [6.45, 7) is 8.75. The van der Waals surface area contributed by atoms with E-state index in [4.69, 9.17) is 9.84 Å². The van der Waals surface area contributed by atoms with Gasteiger partial charge in [0.15, 0.2) is 0 Å². The van der Waals surface area contributed by atoms with Gasteiger partial charge >= 0.3 is 6.03 Å². The van der Waals surface area contributed by atoms with Gasteiger partial charge in [0.1, 0.15) is 18.1 Å². The van der Waals surface area contributed by atoms with Crippen LogP contribution in [0, 0.1) is 0 Å². The number of benzene rings is 2. The number of hydrogen-bond donors (Lipinski definition) is 2. The molecule has 0 aliphatic heterocycles. The van der Waals surface area contributed by atoms with Gasteiger partial charge in [-0.25, -0.2) is 9.48 Å². The van der Waals surface area contributed by atoms with Gasteiger partial charge in [0, 0.05) is 28.6 Å². The van der Waals surface area contributed by atoms with E-state index in [-0.39, 0.29) is 23.9 Å². The zero-order valence-corrected chi connectivity index (χ0v) is 24.0. The Kier molecular flexibility index (Phi) is 10.2. The number of carbonyl (C=O) groups is 2. The summed E-state index contributed by atoms with van der Waals surface area (Å²) in [7, 11) is 1.62. The molecule has 0 atom stereocenters. The van der Waals surface area contributed by atoms with Crippen LogP contribution in [0.25, 0.3) is 5.69 Å². The summed E-state index contributed by atoms with van der Waals surface area (Å²) in [5.41, 5.74) is 2.12. The van der Waals surface area contributed by atoms with E-state index in [0.717, 1.165) is 41.3 Å². The van der Waals surface area contributed by atoms with E-state index >= 15 is 0 Å². The summed E-state index contributed by atoms with van der Waals surface area (Å²) in [6.07, 6.45) is 4.83. The lowest BCUT2D eigenvalue weighted by Gasteiger charge is -2.23. The minimum Gasteiger partial charge on any atom is -0.497 e. The van der Waals surface area contributed by atoms with Crippen molar-refractivity contribution in [2.75, 3.05) is 37.1 Å². The van der Waals surface area contributed by atoms with Gasteiger partial charge in [-0.2, -0.15) is 5.10 Å². The lowest BCUT2D eigenvalue weighted by Crippen LogP contribution is -2.41. The van der Waals surface area contributed by atoms with Crippen LogP contribution < -0.4 is 15.4 Å². The molecule has 1 aromatic heterocycles. The lowest BCUT2D eigenvalue weighted by atomic mass is 9.92. The van der Waals surface area contributed by atoms with Crippen molar-refractivity contribution in [2.45, 2.75) is 57.3 Å². The van der Waals surface area contributed by atoms with Crippen LogP contribution in [-0.4, -0.2) is 53.1 Å². The topological polar surface area (TPSA) is 88.5 Å². The van der Waals surface area contributed by atoms with E-state index in [0.29, 0.717) is 18.1 Å². The number of ether oxygens (including phenoxy) is 1. The number of anilines is 2. The number of thioether (sulfide) groups is 1. The minimum absolute atomic E-state index is 0.0723. The summed E-state index contributed by atoms with van der Waals surface area (Å²) in [5.74, 6) is 0.996. The maximum absolute atomic E-state index is 13.2. The molecule has 8 nitrogen and oxygen atoms in total. The second-order valence-corrected chi connectivity index (χ2v) is 11.0. The maximum Gasteiger partial charge on any atom is 0.322 e. The van der Waals surface area contributed by atoms with Gasteiger partial charge in [-0.1, -0.05) is 40.5 Å². The first-order valence-corrected chi connectivity index (χ1v) is 14.1. The quantitative estimate of drug-likeness (QED) is 0.214. The van der Waals surface area contributed by atoms with E-state index in [9.17, 15) is 9.59 Å². The SMILES string of the molecule is CCCCCN(CC(=O)Nc1cc(C(C)(C)C)nn1-c1ccc(OC)cc1)C(=O)Nc1ccc(SC)cc1. The first-order valence-electron chi connectivity index (χ1n) is 12.9. The van der Waals surface area contributed by atoms with Crippen molar-refractivity contribution >= 4 is 35.2 Å². The number of rotatable bonds is 11. The normalized spacial score (nSPS) is 11.2. The molecular formula is C29H39N5O3S. The molecule has 3 amide bonds. The number of methoxy groups -OCH3 is 1. The molecule has 0 spiro atoms. The van der Waals surface area contributed by atoms with Crippen molar-refractivity contribution in [3.63, 3.8) is 0 Å². The Bertz CT molecular complexity index is 1200. The molecule has 2 N–H and O–H groups in total. The van der Waals surface area contributed by atoms with Gasteiger partial charge in [0.2, 0.25) is 5.91 Å². The zero-order valence-electron chi connectivity index (χ0n) is 23.2. The van der Waals surface area contributed by atoms with Crippen LogP contribution in [-0.2, 0) is 10.2 Å². The highest BCUT2D eigenvalue weighted by molar-refractivity contribution is 7.98. The molecule has 2 aromatic carbocycles. The smallest absolute Gasteiger partial charge is 0.322 e. The molecule has 0 unspecified atom stereocenters. The molecule has 204 valence electrons. The van der Waals surface area contributed by atoms with Gasteiger partial charge in [-0.05, 0) is 61.2 Å². The number of carbonyl (C=O) groups excluding carboxylic acids is 2. The van der Waals surface area contributed by atoms with Crippen molar-refractivity contribution in [3.05, 3.63) is 60.3 Å². The first-order chi connectivity index (χ1) is 18.1. The Morgan fingerprint density at radius 2 is 1.71 bits per heavy atom. The predicted octanol–water partition coefficient (Wildman–Crippen LogP) is 6.56. The molecule has 0 bridgehead atoms. The standard InChI is InChI=1S/C29H39N5O3S/c1-7-8-9-18-33(28(36)30-21-10-16-24(38-6)17-11-21)20-27(35)31-26-19-25(29(2,3)4)32-34(26)22-12-14-23(37-5)15-13-22/h10-17,19H,7-9,18,20H2,1-6H3,(H,30,36)(H,31,35). The van der Waals surface area contributed by atoms with Crippen molar-refractivity contribution in [3.8, 4) is 11.4 Å². The molecule has 3 rings (SSSR count). The molecule has 0 fully saturated rings. The van der Waals surface area contributed by atoms with Gasteiger partial charge in [0.05, 0.1) is 18.5 Å².